The van der Waals surface area contributed by atoms with Crippen LogP contribution < -0.4 is 5.73 Å². The maximum atomic E-state index is 12.0. The zero-order valence-electron chi connectivity index (χ0n) is 6.42. The highest BCUT2D eigenvalue weighted by molar-refractivity contribution is 5.45. The molecular formula is C7H7F3N2O. The van der Waals surface area contributed by atoms with Crippen LogP contribution in [0.5, 0.6) is 0 Å². The van der Waals surface area contributed by atoms with Crippen LogP contribution in [0.2, 0.25) is 0 Å². The van der Waals surface area contributed by atoms with Crippen LogP contribution in [0.1, 0.15) is 11.7 Å². The molecule has 0 bridgehead atoms. The van der Waals surface area contributed by atoms with Gasteiger partial charge in [0.15, 0.2) is 6.10 Å². The van der Waals surface area contributed by atoms with E-state index in [2.05, 4.69) is 4.98 Å². The van der Waals surface area contributed by atoms with Gasteiger partial charge in [0, 0.05) is 23.6 Å². The van der Waals surface area contributed by atoms with Gasteiger partial charge in [0.1, 0.15) is 0 Å². The Bertz CT molecular complexity index is 300. The second kappa shape index (κ2) is 3.21. The Labute approximate surface area is 72.0 Å². The van der Waals surface area contributed by atoms with E-state index < -0.39 is 17.8 Å². The number of nitrogens with zero attached hydrogens (tertiary/aromatic N) is 1. The molecule has 1 atom stereocenters. The standard InChI is InChI=1S/C7H7F3N2O/c8-7(9,10)6(13)4-3-12-2-1-5(4)11/h1-3,6,13H,(H2,11,12)/t6-/m1/s1. The highest BCUT2D eigenvalue weighted by atomic mass is 19.4. The Kier molecular flexibility index (Phi) is 2.42. The van der Waals surface area contributed by atoms with Crippen molar-refractivity contribution in [3.63, 3.8) is 0 Å². The van der Waals surface area contributed by atoms with Crippen LogP contribution in [0, 0.1) is 0 Å². The van der Waals surface area contributed by atoms with E-state index in [0.29, 0.717) is 0 Å². The first-order valence-corrected chi connectivity index (χ1v) is 3.37. The largest absolute Gasteiger partial charge is 0.418 e. The summed E-state index contributed by atoms with van der Waals surface area (Å²) in [6.45, 7) is 0. The number of hydrogen-bond acceptors (Lipinski definition) is 3. The Balaban J connectivity index is 3.02. The van der Waals surface area contributed by atoms with Crippen LogP contribution in [0.25, 0.3) is 0 Å². The fraction of sp³-hybridized carbons (Fsp3) is 0.286. The number of rotatable bonds is 1. The molecule has 0 aliphatic heterocycles. The first-order valence-electron chi connectivity index (χ1n) is 3.37. The summed E-state index contributed by atoms with van der Waals surface area (Å²) in [5, 5.41) is 8.79. The lowest BCUT2D eigenvalue weighted by Crippen LogP contribution is -2.21. The summed E-state index contributed by atoms with van der Waals surface area (Å²) >= 11 is 0. The monoisotopic (exact) mass is 192 g/mol. The Morgan fingerprint density at radius 2 is 2.08 bits per heavy atom. The highest BCUT2D eigenvalue weighted by Crippen LogP contribution is 2.34. The van der Waals surface area contributed by atoms with Gasteiger partial charge in [-0.25, -0.2) is 0 Å². The molecule has 13 heavy (non-hydrogen) atoms. The molecule has 3 N–H and O–H groups in total. The Hall–Kier alpha value is -1.30. The molecule has 0 unspecified atom stereocenters. The molecule has 1 aromatic heterocycles. The summed E-state index contributed by atoms with van der Waals surface area (Å²) in [5.74, 6) is 0. The van der Waals surface area contributed by atoms with E-state index in [1.165, 1.54) is 12.3 Å². The molecule has 0 aliphatic carbocycles. The number of pyridine rings is 1. The minimum atomic E-state index is -4.71. The molecule has 3 nitrogen and oxygen atoms in total. The zero-order valence-corrected chi connectivity index (χ0v) is 6.42. The van der Waals surface area contributed by atoms with Gasteiger partial charge in [-0.2, -0.15) is 13.2 Å². The van der Waals surface area contributed by atoms with E-state index in [1.54, 1.807) is 0 Å². The molecule has 1 rings (SSSR count). The van der Waals surface area contributed by atoms with Gasteiger partial charge in [-0.3, -0.25) is 4.98 Å². The fourth-order valence-corrected chi connectivity index (χ4v) is 0.822. The van der Waals surface area contributed by atoms with Crippen LogP contribution in [0.4, 0.5) is 18.9 Å². The van der Waals surface area contributed by atoms with Crippen LogP contribution in [0.3, 0.4) is 0 Å². The van der Waals surface area contributed by atoms with Crippen LogP contribution in [0.15, 0.2) is 18.5 Å². The van der Waals surface area contributed by atoms with Gasteiger partial charge >= 0.3 is 6.18 Å². The molecule has 0 spiro atoms. The number of halogens is 3. The summed E-state index contributed by atoms with van der Waals surface area (Å²) in [6, 6.07) is 1.20. The van der Waals surface area contributed by atoms with E-state index >= 15 is 0 Å². The van der Waals surface area contributed by atoms with Gasteiger partial charge < -0.3 is 10.8 Å². The SMILES string of the molecule is Nc1ccncc1[C@@H](O)C(F)(F)F. The van der Waals surface area contributed by atoms with E-state index in [9.17, 15) is 13.2 Å². The molecular weight excluding hydrogens is 185 g/mol. The number of aliphatic hydroxyl groups excluding tert-OH is 1. The number of alkyl halides is 3. The van der Waals surface area contributed by atoms with Crippen LogP contribution in [-0.2, 0) is 0 Å². The van der Waals surface area contributed by atoms with E-state index in [1.807, 2.05) is 0 Å². The predicted molar refractivity (Wildman–Crippen MR) is 39.7 cm³/mol. The van der Waals surface area contributed by atoms with Gasteiger partial charge in [-0.15, -0.1) is 0 Å². The van der Waals surface area contributed by atoms with Crippen LogP contribution in [-0.4, -0.2) is 16.3 Å². The summed E-state index contributed by atoms with van der Waals surface area (Å²) in [7, 11) is 0. The van der Waals surface area contributed by atoms with Gasteiger partial charge in [0.25, 0.3) is 0 Å². The summed E-state index contributed by atoms with van der Waals surface area (Å²) in [4.78, 5) is 3.44. The van der Waals surface area contributed by atoms with Gasteiger partial charge in [0.05, 0.1) is 0 Å². The lowest BCUT2D eigenvalue weighted by atomic mass is 10.1. The fourth-order valence-electron chi connectivity index (χ4n) is 0.822. The van der Waals surface area contributed by atoms with Crippen LogP contribution >= 0.6 is 0 Å². The molecule has 1 aromatic rings. The molecule has 0 radical (unpaired) electrons. The summed E-state index contributed by atoms with van der Waals surface area (Å²) in [6.07, 6.45) is -5.13. The topological polar surface area (TPSA) is 59.1 Å². The normalized spacial score (nSPS) is 14.2. The first kappa shape index (κ1) is 9.79. The smallest absolute Gasteiger partial charge is 0.398 e. The molecule has 0 aliphatic rings. The number of aliphatic hydroxyl groups is 1. The van der Waals surface area contributed by atoms with E-state index in [0.717, 1.165) is 6.20 Å². The predicted octanol–water partition coefficient (Wildman–Crippen LogP) is 1.26. The molecule has 72 valence electrons. The summed E-state index contributed by atoms with van der Waals surface area (Å²) in [5.41, 5.74) is 4.67. The van der Waals surface area contributed by atoms with Crippen molar-refractivity contribution in [1.29, 1.82) is 0 Å². The van der Waals surface area contributed by atoms with E-state index in [4.69, 9.17) is 10.8 Å². The third kappa shape index (κ3) is 2.09. The van der Waals surface area contributed by atoms with Gasteiger partial charge in [-0.1, -0.05) is 0 Å². The summed E-state index contributed by atoms with van der Waals surface area (Å²) < 4.78 is 35.9. The Morgan fingerprint density at radius 1 is 1.46 bits per heavy atom. The van der Waals surface area contributed by atoms with Crippen molar-refractivity contribution >= 4 is 5.69 Å². The van der Waals surface area contributed by atoms with Crippen molar-refractivity contribution in [2.24, 2.45) is 0 Å². The highest BCUT2D eigenvalue weighted by Gasteiger charge is 2.40. The maximum Gasteiger partial charge on any atom is 0.418 e. The molecule has 1 heterocycles. The van der Waals surface area contributed by atoms with Crippen molar-refractivity contribution in [1.82, 2.24) is 4.98 Å². The van der Waals surface area contributed by atoms with Gasteiger partial charge in [-0.05, 0) is 6.07 Å². The average Bonchev–Trinajstić information content (AvgIpc) is 2.02. The van der Waals surface area contributed by atoms with E-state index in [-0.39, 0.29) is 5.69 Å². The van der Waals surface area contributed by atoms with Crippen molar-refractivity contribution < 1.29 is 18.3 Å². The quantitative estimate of drug-likeness (QED) is 0.704. The Morgan fingerprint density at radius 3 is 2.54 bits per heavy atom. The first-order chi connectivity index (χ1) is 5.93. The minimum absolute atomic E-state index is 0.125. The van der Waals surface area contributed by atoms with Crippen molar-refractivity contribution in [3.05, 3.63) is 24.0 Å². The molecule has 0 amide bonds. The lowest BCUT2D eigenvalue weighted by Gasteiger charge is -2.15. The molecule has 0 aromatic carbocycles. The second-order valence-corrected chi connectivity index (χ2v) is 2.45. The van der Waals surface area contributed by atoms with Crippen molar-refractivity contribution in [2.75, 3.05) is 5.73 Å². The van der Waals surface area contributed by atoms with Gasteiger partial charge in [0.2, 0.25) is 0 Å². The molecule has 6 heteroatoms. The number of aromatic nitrogens is 1. The average molecular weight is 192 g/mol. The number of nitrogen functional groups attached to an aromatic ring is 1. The zero-order chi connectivity index (χ0) is 10.1. The molecule has 0 saturated carbocycles. The number of hydrogen-bond donors (Lipinski definition) is 2. The number of anilines is 1. The number of nitrogens with two attached hydrogens (primary N) is 1. The van der Waals surface area contributed by atoms with Crippen molar-refractivity contribution in [3.8, 4) is 0 Å². The molecule has 0 saturated heterocycles. The second-order valence-electron chi connectivity index (χ2n) is 2.45. The van der Waals surface area contributed by atoms with Crippen molar-refractivity contribution in [2.45, 2.75) is 12.3 Å². The lowest BCUT2D eigenvalue weighted by molar-refractivity contribution is -0.206. The minimum Gasteiger partial charge on any atom is -0.398 e. The third-order valence-electron chi connectivity index (χ3n) is 1.49. The maximum absolute atomic E-state index is 12.0. The molecule has 0 fully saturated rings. The third-order valence-corrected chi connectivity index (χ3v) is 1.49.